The second-order valence-electron chi connectivity index (χ2n) is 8.43. The second-order valence-corrected chi connectivity index (χ2v) is 9.37. The molecule has 0 spiro atoms. The van der Waals surface area contributed by atoms with Crippen LogP contribution in [-0.4, -0.2) is 45.3 Å². The lowest BCUT2D eigenvalue weighted by molar-refractivity contribution is -0.131. The normalized spacial score (nSPS) is 16.3. The summed E-state index contributed by atoms with van der Waals surface area (Å²) in [6, 6.07) is 3.75. The number of nitrogens with zero attached hydrogens (tertiary/aromatic N) is 3. The topological polar surface area (TPSA) is 103 Å². The third kappa shape index (κ3) is 5.66. The van der Waals surface area contributed by atoms with Crippen LogP contribution in [0.15, 0.2) is 34.6 Å². The van der Waals surface area contributed by atoms with Gasteiger partial charge < -0.3 is 14.6 Å². The largest absolute Gasteiger partial charge is 0.478 e. The van der Waals surface area contributed by atoms with E-state index in [0.29, 0.717) is 31.4 Å². The Balaban J connectivity index is 1.60. The number of aryl methyl sites for hydroxylation is 2. The number of rotatable bonds is 9. The number of carbonyl (C=O) groups is 1. The zero-order valence-corrected chi connectivity index (χ0v) is 19.5. The molecule has 0 aromatic carbocycles. The Labute approximate surface area is 195 Å². The van der Waals surface area contributed by atoms with Crippen LogP contribution in [-0.2, 0) is 22.4 Å². The average Bonchev–Trinajstić information content (AvgIpc) is 3.47. The Morgan fingerprint density at radius 1 is 1.39 bits per heavy atom. The molecule has 33 heavy (non-hydrogen) atoms. The minimum atomic E-state index is -1.15. The van der Waals surface area contributed by atoms with Crippen molar-refractivity contribution >= 4 is 29.0 Å². The molecule has 1 aliphatic rings. The van der Waals surface area contributed by atoms with Gasteiger partial charge in [-0.05, 0) is 42.5 Å². The predicted octanol–water partition coefficient (Wildman–Crippen LogP) is 3.57. The van der Waals surface area contributed by atoms with Crippen LogP contribution < -0.4 is 10.3 Å². The van der Waals surface area contributed by atoms with Gasteiger partial charge in [0.2, 0.25) is 5.88 Å². The molecule has 0 aliphatic carbocycles. The first kappa shape index (κ1) is 23.1. The van der Waals surface area contributed by atoms with Gasteiger partial charge in [-0.1, -0.05) is 13.8 Å². The summed E-state index contributed by atoms with van der Waals surface area (Å²) in [5.41, 5.74) is 2.35. The highest BCUT2D eigenvalue weighted by molar-refractivity contribution is 7.09. The summed E-state index contributed by atoms with van der Waals surface area (Å²) in [6.45, 7) is 5.91. The van der Waals surface area contributed by atoms with Gasteiger partial charge in [-0.15, -0.1) is 11.3 Å². The van der Waals surface area contributed by atoms with Crippen molar-refractivity contribution in [2.24, 2.45) is 5.92 Å². The number of fused-ring (bicyclic) bond motifs is 1. The number of hydrogen-bond donors (Lipinski definition) is 1. The zero-order valence-electron chi connectivity index (χ0n) is 18.7. The van der Waals surface area contributed by atoms with Crippen molar-refractivity contribution in [3.8, 4) is 5.88 Å². The summed E-state index contributed by atoms with van der Waals surface area (Å²) in [4.78, 5) is 33.3. The SMILES string of the molecule is CC(C)c1csc(CCc2ccn3c(=O)c(/C=C/C(=O)O)c(OCC4CCOC4)nc3c2)n1. The van der Waals surface area contributed by atoms with Gasteiger partial charge in [0, 0.05) is 36.6 Å². The Hall–Kier alpha value is -3.04. The predicted molar refractivity (Wildman–Crippen MR) is 126 cm³/mol. The van der Waals surface area contributed by atoms with Crippen LogP contribution in [0.25, 0.3) is 11.7 Å². The Morgan fingerprint density at radius 3 is 2.94 bits per heavy atom. The molecule has 1 fully saturated rings. The van der Waals surface area contributed by atoms with E-state index < -0.39 is 5.97 Å². The molecule has 4 rings (SSSR count). The molecule has 3 aromatic rings. The van der Waals surface area contributed by atoms with Crippen molar-refractivity contribution in [1.82, 2.24) is 14.4 Å². The van der Waals surface area contributed by atoms with E-state index in [2.05, 4.69) is 29.2 Å². The number of aromatic nitrogens is 3. The fourth-order valence-corrected chi connectivity index (χ4v) is 4.56. The standard InChI is InChI=1S/C24H27N3O5S/c1-15(2)19-14-33-21(25-19)5-3-16-7-9-27-20(11-16)26-23(32-13-17-8-10-31-12-17)18(24(27)30)4-6-22(28)29/h4,6-7,9,11,14-15,17H,3,5,8,10,12-13H2,1-2H3,(H,28,29)/b6-4+. The molecule has 174 valence electrons. The third-order valence-electron chi connectivity index (χ3n) is 5.56. The molecule has 1 aliphatic heterocycles. The van der Waals surface area contributed by atoms with Gasteiger partial charge in [-0.3, -0.25) is 9.20 Å². The van der Waals surface area contributed by atoms with Crippen molar-refractivity contribution in [3.05, 3.63) is 62.0 Å². The molecule has 1 saturated heterocycles. The number of carboxylic acids is 1. The molecule has 1 unspecified atom stereocenters. The third-order valence-corrected chi connectivity index (χ3v) is 6.48. The maximum Gasteiger partial charge on any atom is 0.328 e. The van der Waals surface area contributed by atoms with Crippen LogP contribution in [0, 0.1) is 5.92 Å². The van der Waals surface area contributed by atoms with Crippen molar-refractivity contribution in [2.45, 2.75) is 39.0 Å². The minimum Gasteiger partial charge on any atom is -0.478 e. The maximum atomic E-state index is 13.1. The molecule has 0 radical (unpaired) electrons. The number of ether oxygens (including phenoxy) is 2. The lowest BCUT2D eigenvalue weighted by atomic mass is 10.1. The van der Waals surface area contributed by atoms with Gasteiger partial charge >= 0.3 is 5.97 Å². The zero-order chi connectivity index (χ0) is 23.4. The van der Waals surface area contributed by atoms with Crippen LogP contribution in [0.3, 0.4) is 0 Å². The van der Waals surface area contributed by atoms with E-state index in [1.807, 2.05) is 12.1 Å². The number of thiazole rings is 1. The van der Waals surface area contributed by atoms with Gasteiger partial charge in [0.1, 0.15) is 11.2 Å². The summed E-state index contributed by atoms with van der Waals surface area (Å²) in [5, 5.41) is 12.2. The van der Waals surface area contributed by atoms with Gasteiger partial charge in [0.15, 0.2) is 0 Å². The van der Waals surface area contributed by atoms with Gasteiger partial charge in [-0.25, -0.2) is 9.78 Å². The van der Waals surface area contributed by atoms with E-state index in [1.165, 1.54) is 10.5 Å². The minimum absolute atomic E-state index is 0.116. The van der Waals surface area contributed by atoms with Crippen molar-refractivity contribution in [3.63, 3.8) is 0 Å². The Bertz CT molecular complexity index is 1220. The second kappa shape index (κ2) is 10.3. The fraction of sp³-hybridized carbons (Fsp3) is 0.417. The highest BCUT2D eigenvalue weighted by Crippen LogP contribution is 2.21. The molecule has 1 atom stereocenters. The monoisotopic (exact) mass is 469 g/mol. The maximum absolute atomic E-state index is 13.1. The van der Waals surface area contributed by atoms with Crippen molar-refractivity contribution in [2.75, 3.05) is 19.8 Å². The summed E-state index contributed by atoms with van der Waals surface area (Å²) in [6.07, 6.45) is 6.30. The summed E-state index contributed by atoms with van der Waals surface area (Å²) in [5.74, 6) is -0.372. The van der Waals surface area contributed by atoms with Crippen LogP contribution in [0.1, 0.15) is 48.0 Å². The smallest absolute Gasteiger partial charge is 0.328 e. The lowest BCUT2D eigenvalue weighted by Gasteiger charge is -2.13. The lowest BCUT2D eigenvalue weighted by Crippen LogP contribution is -2.21. The van der Waals surface area contributed by atoms with Gasteiger partial charge in [-0.2, -0.15) is 4.98 Å². The Morgan fingerprint density at radius 2 is 2.24 bits per heavy atom. The fourth-order valence-electron chi connectivity index (χ4n) is 3.60. The molecule has 9 heteroatoms. The molecule has 3 aromatic heterocycles. The molecular weight excluding hydrogens is 442 g/mol. The van der Waals surface area contributed by atoms with Crippen molar-refractivity contribution in [1.29, 1.82) is 0 Å². The van der Waals surface area contributed by atoms with Crippen LogP contribution in [0.2, 0.25) is 0 Å². The average molecular weight is 470 g/mol. The molecular formula is C24H27N3O5S. The number of carboxylic acid groups (broad SMARTS) is 1. The number of hydrogen-bond acceptors (Lipinski definition) is 7. The van der Waals surface area contributed by atoms with Crippen LogP contribution in [0.4, 0.5) is 0 Å². The van der Waals surface area contributed by atoms with Crippen LogP contribution >= 0.6 is 11.3 Å². The summed E-state index contributed by atoms with van der Waals surface area (Å²) in [7, 11) is 0. The van der Waals surface area contributed by atoms with E-state index in [9.17, 15) is 9.59 Å². The molecule has 0 bridgehead atoms. The highest BCUT2D eigenvalue weighted by atomic mass is 32.1. The van der Waals surface area contributed by atoms with E-state index in [0.717, 1.165) is 41.6 Å². The molecule has 1 N–H and O–H groups in total. The first-order chi connectivity index (χ1) is 15.9. The number of aliphatic carboxylic acids is 1. The first-order valence-corrected chi connectivity index (χ1v) is 11.9. The van der Waals surface area contributed by atoms with Crippen LogP contribution in [0.5, 0.6) is 5.88 Å². The molecule has 8 nitrogen and oxygen atoms in total. The van der Waals surface area contributed by atoms with Gasteiger partial charge in [0.25, 0.3) is 5.56 Å². The number of pyridine rings is 1. The molecule has 0 saturated carbocycles. The van der Waals surface area contributed by atoms with E-state index in [4.69, 9.17) is 14.6 Å². The first-order valence-electron chi connectivity index (χ1n) is 11.0. The van der Waals surface area contributed by atoms with Crippen molar-refractivity contribution < 1.29 is 19.4 Å². The summed E-state index contributed by atoms with van der Waals surface area (Å²) < 4.78 is 12.7. The Kier molecular flexibility index (Phi) is 7.20. The van der Waals surface area contributed by atoms with Gasteiger partial charge in [0.05, 0.1) is 23.9 Å². The molecule has 0 amide bonds. The van der Waals surface area contributed by atoms with E-state index in [1.54, 1.807) is 17.5 Å². The highest BCUT2D eigenvalue weighted by Gasteiger charge is 2.19. The molecule has 4 heterocycles. The van der Waals surface area contributed by atoms with E-state index >= 15 is 0 Å². The quantitative estimate of drug-likeness (QED) is 0.478. The summed E-state index contributed by atoms with van der Waals surface area (Å²) >= 11 is 1.67. The van der Waals surface area contributed by atoms with E-state index in [-0.39, 0.29) is 22.9 Å².